The molecule has 1 saturated heterocycles. The molecule has 0 unspecified atom stereocenters. The van der Waals surface area contributed by atoms with E-state index in [9.17, 15) is 9.59 Å². The van der Waals surface area contributed by atoms with Gasteiger partial charge in [0, 0.05) is 50.2 Å². The molecule has 4 N–H and O–H groups in total. The molecule has 13 nitrogen and oxygen atoms in total. The van der Waals surface area contributed by atoms with Gasteiger partial charge in [0.25, 0.3) is 11.5 Å². The van der Waals surface area contributed by atoms with Crippen molar-refractivity contribution in [1.29, 1.82) is 0 Å². The Hall–Kier alpha value is -4.91. The first-order valence-electron chi connectivity index (χ1n) is 13.1. The number of amides is 1. The van der Waals surface area contributed by atoms with Crippen molar-refractivity contribution < 1.29 is 9.53 Å². The lowest BCUT2D eigenvalue weighted by Crippen LogP contribution is -2.44. The summed E-state index contributed by atoms with van der Waals surface area (Å²) in [6.07, 6.45) is 6.38. The number of rotatable bonds is 6. The number of hydrogen-bond donors (Lipinski definition) is 4. The summed E-state index contributed by atoms with van der Waals surface area (Å²) in [5, 5.41) is 17.3. The summed E-state index contributed by atoms with van der Waals surface area (Å²) < 4.78 is 7.42. The quantitative estimate of drug-likeness (QED) is 0.286. The van der Waals surface area contributed by atoms with E-state index in [4.69, 9.17) is 4.74 Å². The van der Waals surface area contributed by atoms with Gasteiger partial charge in [0.2, 0.25) is 5.88 Å². The van der Waals surface area contributed by atoms with Gasteiger partial charge in [0.1, 0.15) is 30.5 Å². The highest BCUT2D eigenvalue weighted by molar-refractivity contribution is 6.08. The molecule has 5 heterocycles. The van der Waals surface area contributed by atoms with E-state index >= 15 is 0 Å². The molecule has 1 fully saturated rings. The van der Waals surface area contributed by atoms with E-state index in [2.05, 4.69) is 53.0 Å². The fraction of sp³-hybridized carbons (Fsp3) is 0.296. The molecule has 6 rings (SSSR count). The van der Waals surface area contributed by atoms with Gasteiger partial charge < -0.3 is 35.5 Å². The Morgan fingerprint density at radius 2 is 1.85 bits per heavy atom. The van der Waals surface area contributed by atoms with Gasteiger partial charge >= 0.3 is 0 Å². The molecular weight excluding hydrogens is 512 g/mol. The van der Waals surface area contributed by atoms with Crippen LogP contribution in [0.25, 0.3) is 5.69 Å². The molecule has 0 radical (unpaired) electrons. The van der Waals surface area contributed by atoms with Crippen LogP contribution in [-0.2, 0) is 0 Å². The average molecular weight is 543 g/mol. The van der Waals surface area contributed by atoms with Gasteiger partial charge in [0.05, 0.1) is 28.9 Å². The fourth-order valence-corrected chi connectivity index (χ4v) is 4.94. The molecule has 3 aromatic heterocycles. The molecule has 0 atom stereocenters. The van der Waals surface area contributed by atoms with E-state index in [1.807, 2.05) is 29.7 Å². The molecule has 1 aromatic carbocycles. The van der Waals surface area contributed by atoms with Crippen LogP contribution in [0.4, 0.5) is 28.4 Å². The number of fused-ring (bicyclic) bond motifs is 1. The topological polar surface area (TPSA) is 145 Å². The maximum atomic E-state index is 13.5. The number of ether oxygens (including phenoxy) is 1. The smallest absolute Gasteiger partial charge is 0.263 e. The molecule has 206 valence electrons. The number of pyridine rings is 2. The van der Waals surface area contributed by atoms with Gasteiger partial charge in [0.15, 0.2) is 0 Å². The lowest BCUT2D eigenvalue weighted by Gasteiger charge is -2.35. The van der Waals surface area contributed by atoms with Crippen molar-refractivity contribution in [3.63, 3.8) is 0 Å². The molecule has 0 bridgehead atoms. The van der Waals surface area contributed by atoms with Crippen molar-refractivity contribution in [2.75, 3.05) is 67.2 Å². The highest BCUT2D eigenvalue weighted by Gasteiger charge is 2.22. The van der Waals surface area contributed by atoms with Crippen molar-refractivity contribution >= 4 is 34.3 Å². The van der Waals surface area contributed by atoms with Crippen LogP contribution in [0, 0.1) is 6.92 Å². The fourth-order valence-electron chi connectivity index (χ4n) is 4.94. The molecule has 0 spiro atoms. The van der Waals surface area contributed by atoms with Crippen molar-refractivity contribution in [3.05, 3.63) is 70.8 Å². The Morgan fingerprint density at radius 3 is 2.65 bits per heavy atom. The number of carbonyl (C=O) groups excluding carboxylic acids is 1. The van der Waals surface area contributed by atoms with E-state index in [0.29, 0.717) is 36.1 Å². The number of nitrogens with one attached hydrogen (secondary N) is 4. The number of piperazine rings is 1. The third-order valence-corrected chi connectivity index (χ3v) is 7.18. The summed E-state index contributed by atoms with van der Waals surface area (Å²) in [6.45, 7) is 6.80. The third-order valence-electron chi connectivity index (χ3n) is 7.18. The third kappa shape index (κ3) is 4.94. The number of H-pyrrole nitrogens is 1. The largest absolute Gasteiger partial charge is 0.474 e. The van der Waals surface area contributed by atoms with E-state index in [0.717, 1.165) is 48.8 Å². The Morgan fingerprint density at radius 1 is 1.05 bits per heavy atom. The number of anilines is 5. The molecule has 2 aliphatic heterocycles. The van der Waals surface area contributed by atoms with Crippen LogP contribution in [0.3, 0.4) is 0 Å². The molecule has 40 heavy (non-hydrogen) atoms. The maximum Gasteiger partial charge on any atom is 0.263 e. The van der Waals surface area contributed by atoms with Crippen molar-refractivity contribution in [2.24, 2.45) is 0 Å². The van der Waals surface area contributed by atoms with Crippen LogP contribution >= 0.6 is 0 Å². The zero-order chi connectivity index (χ0) is 27.6. The summed E-state index contributed by atoms with van der Waals surface area (Å²) >= 11 is 0. The number of nitrogens with zero attached hydrogens (tertiary/aromatic N) is 6. The number of aromatic nitrogens is 5. The van der Waals surface area contributed by atoms with Crippen LogP contribution in [0.15, 0.2) is 54.1 Å². The lowest BCUT2D eigenvalue weighted by molar-refractivity contribution is 0.102. The Labute approximate surface area is 230 Å². The number of benzene rings is 1. The van der Waals surface area contributed by atoms with Gasteiger partial charge in [-0.1, -0.05) is 0 Å². The highest BCUT2D eigenvalue weighted by atomic mass is 16.5. The lowest BCUT2D eigenvalue weighted by atomic mass is 10.1. The van der Waals surface area contributed by atoms with E-state index in [1.165, 1.54) is 6.20 Å². The van der Waals surface area contributed by atoms with Crippen LogP contribution in [0.2, 0.25) is 0 Å². The minimum Gasteiger partial charge on any atom is -0.474 e. The summed E-state index contributed by atoms with van der Waals surface area (Å²) in [5.74, 6) is -0.0153. The minimum absolute atomic E-state index is 0.0437. The molecule has 13 heteroatoms. The molecule has 0 saturated carbocycles. The van der Waals surface area contributed by atoms with E-state index in [-0.39, 0.29) is 5.56 Å². The Bertz CT molecular complexity index is 1590. The standard InChI is InChI=1S/C27H30N10O3/c1-17-20(14-30-27-24(17)28-7-12-40-27)34-19-5-6-29-25(38)23(19)26(39)33-18-3-4-21(36-10-8-35(2)9-11-36)22(13-18)37-15-31-32-16-37/h3-6,13-16,28H,7-12H2,1-2H3,(H,33,39)(H2,29,34,38). The first-order valence-corrected chi connectivity index (χ1v) is 13.1. The Balaban J connectivity index is 1.29. The van der Waals surface area contributed by atoms with E-state index in [1.54, 1.807) is 24.9 Å². The number of likely N-dealkylation sites (N-methyl/N-ethyl adjacent to an activating group) is 1. The van der Waals surface area contributed by atoms with Gasteiger partial charge in [-0.05, 0) is 38.2 Å². The first-order chi connectivity index (χ1) is 19.5. The normalized spacial score (nSPS) is 15.1. The number of hydrogen-bond acceptors (Lipinski definition) is 10. The van der Waals surface area contributed by atoms with Gasteiger partial charge in [-0.25, -0.2) is 4.98 Å². The van der Waals surface area contributed by atoms with Gasteiger partial charge in [-0.2, -0.15) is 0 Å². The number of aromatic amines is 1. The highest BCUT2D eigenvalue weighted by Crippen LogP contribution is 2.34. The second-order valence-electron chi connectivity index (χ2n) is 9.79. The average Bonchev–Trinajstić information content (AvgIpc) is 3.50. The Kier molecular flexibility index (Phi) is 6.78. The zero-order valence-corrected chi connectivity index (χ0v) is 22.3. The predicted octanol–water partition coefficient (Wildman–Crippen LogP) is 2.21. The zero-order valence-electron chi connectivity index (χ0n) is 22.3. The molecule has 4 aromatic rings. The molecular formula is C27H30N10O3. The van der Waals surface area contributed by atoms with Crippen molar-refractivity contribution in [3.8, 4) is 11.6 Å². The van der Waals surface area contributed by atoms with Crippen LogP contribution in [-0.4, -0.2) is 81.9 Å². The summed E-state index contributed by atoms with van der Waals surface area (Å²) in [6, 6.07) is 7.33. The van der Waals surface area contributed by atoms with Crippen molar-refractivity contribution in [1.82, 2.24) is 29.6 Å². The van der Waals surface area contributed by atoms with Crippen LogP contribution in [0.5, 0.6) is 5.88 Å². The molecule has 2 aliphatic rings. The monoisotopic (exact) mass is 542 g/mol. The van der Waals surface area contributed by atoms with E-state index < -0.39 is 11.5 Å². The summed E-state index contributed by atoms with van der Waals surface area (Å²) in [7, 11) is 2.11. The minimum atomic E-state index is -0.545. The predicted molar refractivity (Wildman–Crippen MR) is 152 cm³/mol. The second-order valence-corrected chi connectivity index (χ2v) is 9.79. The van der Waals surface area contributed by atoms with Crippen LogP contribution in [0.1, 0.15) is 15.9 Å². The number of carbonyl (C=O) groups is 1. The van der Waals surface area contributed by atoms with Crippen molar-refractivity contribution in [2.45, 2.75) is 6.92 Å². The first kappa shape index (κ1) is 25.4. The maximum absolute atomic E-state index is 13.5. The second kappa shape index (κ2) is 10.7. The summed E-state index contributed by atoms with van der Waals surface area (Å²) in [4.78, 5) is 38.0. The SMILES string of the molecule is Cc1c(Nc2cc[nH]c(=O)c2C(=O)Nc2ccc(N3CCN(C)CC3)c(-n3cnnc3)c2)cnc2c1NCCO2. The van der Waals surface area contributed by atoms with Gasteiger partial charge in [-0.15, -0.1) is 10.2 Å². The molecule has 0 aliphatic carbocycles. The van der Waals surface area contributed by atoms with Gasteiger partial charge in [-0.3, -0.25) is 14.2 Å². The molecule has 1 amide bonds. The summed E-state index contributed by atoms with van der Waals surface area (Å²) in [5.41, 5.74) is 4.49. The van der Waals surface area contributed by atoms with Crippen LogP contribution < -0.4 is 31.1 Å².